The molecule has 0 bridgehead atoms. The van der Waals surface area contributed by atoms with Crippen LogP contribution in [0.5, 0.6) is 5.75 Å². The van der Waals surface area contributed by atoms with Gasteiger partial charge in [-0.15, -0.1) is 0 Å². The number of rotatable bonds is 10. The summed E-state index contributed by atoms with van der Waals surface area (Å²) in [7, 11) is 7.30. The van der Waals surface area contributed by atoms with Crippen LogP contribution in [0.15, 0.2) is 49.3 Å². The number of para-hydroxylation sites is 1. The van der Waals surface area contributed by atoms with Crippen molar-refractivity contribution in [3.05, 3.63) is 70.5 Å². The molecule has 0 radical (unpaired) electrons. The lowest BCUT2D eigenvalue weighted by atomic mass is 10.0. The summed E-state index contributed by atoms with van der Waals surface area (Å²) >= 11 is 0. The van der Waals surface area contributed by atoms with Gasteiger partial charge in [-0.05, 0) is 32.5 Å². The average Bonchev–Trinajstić information content (AvgIpc) is 3.31. The quantitative estimate of drug-likeness (QED) is 0.218. The van der Waals surface area contributed by atoms with Gasteiger partial charge >= 0.3 is 0 Å². The van der Waals surface area contributed by atoms with E-state index in [9.17, 15) is 10.1 Å². The molecule has 0 aliphatic carbocycles. The second kappa shape index (κ2) is 10.7. The molecule has 10 heteroatoms. The van der Waals surface area contributed by atoms with Crippen molar-refractivity contribution in [1.82, 2.24) is 19.4 Å². The van der Waals surface area contributed by atoms with E-state index in [1.165, 1.54) is 24.3 Å². The predicted molar refractivity (Wildman–Crippen MR) is 156 cm³/mol. The standard InChI is InChI=1S/C29H33N7O3/c1-6-19-17-30-29(32-27(19)22-18-35-12-8-10-20-9-7-11-21(22)28(20)35)31-23-15-25(36(37)38)24(16-26(23)39-5)34(4)14-13-33(2)3/h6-7,9,11,15-18H,1,8,10,12-14H2,2-5H3,(H,30,31,32). The third-order valence-electron chi connectivity index (χ3n) is 7.15. The highest BCUT2D eigenvalue weighted by Crippen LogP contribution is 2.40. The minimum absolute atomic E-state index is 0.0310. The minimum atomic E-state index is -0.382. The Morgan fingerprint density at radius 2 is 2.08 bits per heavy atom. The largest absolute Gasteiger partial charge is 0.494 e. The first-order valence-corrected chi connectivity index (χ1v) is 12.9. The molecule has 2 aromatic carbocycles. The molecular weight excluding hydrogens is 494 g/mol. The number of hydrogen-bond acceptors (Lipinski definition) is 8. The molecule has 0 amide bonds. The molecule has 3 heterocycles. The van der Waals surface area contributed by atoms with Crippen LogP contribution in [-0.4, -0.2) is 65.7 Å². The summed E-state index contributed by atoms with van der Waals surface area (Å²) in [5.74, 6) is 0.765. The number of hydrogen-bond donors (Lipinski definition) is 1. The van der Waals surface area contributed by atoms with Crippen LogP contribution in [-0.2, 0) is 13.0 Å². The molecule has 1 aliphatic heterocycles. The Morgan fingerprint density at radius 1 is 1.26 bits per heavy atom. The molecule has 4 aromatic rings. The van der Waals surface area contributed by atoms with Gasteiger partial charge in [-0.2, -0.15) is 0 Å². The van der Waals surface area contributed by atoms with Gasteiger partial charge in [0.15, 0.2) is 0 Å². The summed E-state index contributed by atoms with van der Waals surface area (Å²) in [5, 5.41) is 16.3. The van der Waals surface area contributed by atoms with Crippen molar-refractivity contribution in [2.24, 2.45) is 0 Å². The first-order valence-electron chi connectivity index (χ1n) is 12.9. The zero-order chi connectivity index (χ0) is 27.7. The van der Waals surface area contributed by atoms with Crippen LogP contribution < -0.4 is 15.0 Å². The molecule has 39 heavy (non-hydrogen) atoms. The molecule has 0 fully saturated rings. The average molecular weight is 528 g/mol. The number of anilines is 3. The van der Waals surface area contributed by atoms with E-state index < -0.39 is 0 Å². The predicted octanol–water partition coefficient (Wildman–Crippen LogP) is 5.35. The van der Waals surface area contributed by atoms with Gasteiger partial charge < -0.3 is 24.4 Å². The summed E-state index contributed by atoms with van der Waals surface area (Å²) in [6.45, 7) is 6.30. The van der Waals surface area contributed by atoms with Crippen LogP contribution >= 0.6 is 0 Å². The van der Waals surface area contributed by atoms with Gasteiger partial charge in [-0.25, -0.2) is 9.97 Å². The number of likely N-dealkylation sites (N-methyl/N-ethyl adjacent to an activating group) is 2. The molecule has 5 rings (SSSR count). The maximum atomic E-state index is 12.0. The molecule has 0 unspecified atom stereocenters. The van der Waals surface area contributed by atoms with Crippen LogP contribution in [0, 0.1) is 10.1 Å². The number of benzene rings is 2. The van der Waals surface area contributed by atoms with E-state index in [-0.39, 0.29) is 10.6 Å². The Labute approximate surface area is 227 Å². The van der Waals surface area contributed by atoms with Crippen molar-refractivity contribution in [2.75, 3.05) is 51.6 Å². The number of nitro groups is 1. The Morgan fingerprint density at radius 3 is 2.79 bits per heavy atom. The lowest BCUT2D eigenvalue weighted by Crippen LogP contribution is -2.28. The minimum Gasteiger partial charge on any atom is -0.494 e. The molecule has 1 aliphatic rings. The summed E-state index contributed by atoms with van der Waals surface area (Å²) in [6.07, 6.45) is 7.77. The highest BCUT2D eigenvalue weighted by atomic mass is 16.6. The van der Waals surface area contributed by atoms with Gasteiger partial charge in [0.2, 0.25) is 5.95 Å². The number of methoxy groups -OCH3 is 1. The molecular formula is C29H33N7O3. The van der Waals surface area contributed by atoms with Gasteiger partial charge in [-0.3, -0.25) is 10.1 Å². The molecule has 10 nitrogen and oxygen atoms in total. The Balaban J connectivity index is 1.55. The Kier molecular flexibility index (Phi) is 7.21. The van der Waals surface area contributed by atoms with Gasteiger partial charge in [0.1, 0.15) is 11.4 Å². The number of aryl methyl sites for hydroxylation is 2. The Hall–Kier alpha value is -4.44. The van der Waals surface area contributed by atoms with Gasteiger partial charge in [0.25, 0.3) is 5.69 Å². The first-order chi connectivity index (χ1) is 18.8. The van der Waals surface area contributed by atoms with E-state index in [0.717, 1.165) is 48.1 Å². The third kappa shape index (κ3) is 5.03. The van der Waals surface area contributed by atoms with Crippen molar-refractivity contribution in [3.8, 4) is 17.0 Å². The third-order valence-corrected chi connectivity index (χ3v) is 7.15. The summed E-state index contributed by atoms with van der Waals surface area (Å²) in [6, 6.07) is 9.55. The van der Waals surface area contributed by atoms with E-state index in [1.807, 2.05) is 30.9 Å². The van der Waals surface area contributed by atoms with Crippen LogP contribution in [0.25, 0.3) is 28.2 Å². The highest BCUT2D eigenvalue weighted by molar-refractivity contribution is 5.99. The number of nitro benzene ring substituents is 1. The summed E-state index contributed by atoms with van der Waals surface area (Å²) in [4.78, 5) is 24.9. The molecule has 2 aromatic heterocycles. The number of nitrogens with zero attached hydrogens (tertiary/aromatic N) is 6. The molecule has 0 saturated carbocycles. The molecule has 0 saturated heterocycles. The lowest BCUT2D eigenvalue weighted by molar-refractivity contribution is -0.384. The van der Waals surface area contributed by atoms with Crippen LogP contribution in [0.1, 0.15) is 17.5 Å². The van der Waals surface area contributed by atoms with Crippen LogP contribution in [0.4, 0.5) is 23.0 Å². The van der Waals surface area contributed by atoms with Gasteiger partial charge in [0.05, 0.1) is 28.9 Å². The van der Waals surface area contributed by atoms with Crippen molar-refractivity contribution < 1.29 is 9.66 Å². The van der Waals surface area contributed by atoms with Crippen molar-refractivity contribution >= 4 is 40.0 Å². The van der Waals surface area contributed by atoms with E-state index in [2.05, 4.69) is 45.8 Å². The second-order valence-electron chi connectivity index (χ2n) is 10.0. The number of aromatic nitrogens is 3. The van der Waals surface area contributed by atoms with Crippen molar-refractivity contribution in [2.45, 2.75) is 19.4 Å². The first kappa shape index (κ1) is 26.2. The molecule has 0 atom stereocenters. The van der Waals surface area contributed by atoms with E-state index >= 15 is 0 Å². The van der Waals surface area contributed by atoms with E-state index in [4.69, 9.17) is 9.72 Å². The molecule has 0 spiro atoms. The van der Waals surface area contributed by atoms with Crippen molar-refractivity contribution in [1.29, 1.82) is 0 Å². The van der Waals surface area contributed by atoms with Gasteiger partial charge in [-0.1, -0.05) is 30.9 Å². The molecule has 202 valence electrons. The zero-order valence-electron chi connectivity index (χ0n) is 22.8. The smallest absolute Gasteiger partial charge is 0.294 e. The normalized spacial score (nSPS) is 12.5. The van der Waals surface area contributed by atoms with E-state index in [0.29, 0.717) is 29.6 Å². The van der Waals surface area contributed by atoms with Gasteiger partial charge in [0, 0.05) is 67.7 Å². The van der Waals surface area contributed by atoms with Crippen LogP contribution in [0.3, 0.4) is 0 Å². The van der Waals surface area contributed by atoms with E-state index in [1.54, 1.807) is 18.3 Å². The second-order valence-corrected chi connectivity index (χ2v) is 10.0. The maximum Gasteiger partial charge on any atom is 0.294 e. The summed E-state index contributed by atoms with van der Waals surface area (Å²) in [5.41, 5.74) is 5.99. The fourth-order valence-electron chi connectivity index (χ4n) is 5.13. The molecule has 1 N–H and O–H groups in total. The maximum absolute atomic E-state index is 12.0. The fourth-order valence-corrected chi connectivity index (χ4v) is 5.13. The lowest BCUT2D eigenvalue weighted by Gasteiger charge is -2.22. The number of ether oxygens (including phenoxy) is 1. The van der Waals surface area contributed by atoms with Crippen LogP contribution in [0.2, 0.25) is 0 Å². The zero-order valence-corrected chi connectivity index (χ0v) is 22.8. The SMILES string of the molecule is C=Cc1cnc(Nc2cc([N+](=O)[O-])c(N(C)CCN(C)C)cc2OC)nc1-c1cn2c3c(cccc13)CCC2. The highest BCUT2D eigenvalue weighted by Gasteiger charge is 2.23. The monoisotopic (exact) mass is 527 g/mol. The summed E-state index contributed by atoms with van der Waals surface area (Å²) < 4.78 is 7.92. The van der Waals surface area contributed by atoms with Crippen molar-refractivity contribution in [3.63, 3.8) is 0 Å². The topological polar surface area (TPSA) is 102 Å². The Bertz CT molecular complexity index is 1560. The fraction of sp³-hybridized carbons (Fsp3) is 0.310. The number of nitrogens with one attached hydrogen (secondary N) is 1.